The summed E-state index contributed by atoms with van der Waals surface area (Å²) in [5.74, 6) is -0.432. The third-order valence-corrected chi connectivity index (χ3v) is 3.75. The molecular weight excluding hydrogens is 272 g/mol. The van der Waals surface area contributed by atoms with Gasteiger partial charge in [0.2, 0.25) is 0 Å². The van der Waals surface area contributed by atoms with Gasteiger partial charge < -0.3 is 10.5 Å². The molecule has 4 nitrogen and oxygen atoms in total. The van der Waals surface area contributed by atoms with Crippen LogP contribution in [0.1, 0.15) is 21.6 Å². The molecule has 5 heteroatoms. The van der Waals surface area contributed by atoms with E-state index >= 15 is 0 Å². The number of pyridine rings is 1. The zero-order valence-corrected chi connectivity index (χ0v) is 12.5. The normalized spacial score (nSPS) is 10.3. The Morgan fingerprint density at radius 1 is 1.30 bits per heavy atom. The van der Waals surface area contributed by atoms with Gasteiger partial charge in [-0.2, -0.15) is 0 Å². The summed E-state index contributed by atoms with van der Waals surface area (Å²) in [6, 6.07) is 9.31. The van der Waals surface area contributed by atoms with Crippen molar-refractivity contribution in [2.24, 2.45) is 0 Å². The highest BCUT2D eigenvalue weighted by molar-refractivity contribution is 7.99. The van der Waals surface area contributed by atoms with Crippen molar-refractivity contribution in [1.82, 2.24) is 4.98 Å². The average Bonchev–Trinajstić information content (AvgIpc) is 2.39. The van der Waals surface area contributed by atoms with Crippen molar-refractivity contribution in [2.45, 2.75) is 23.8 Å². The predicted octanol–water partition coefficient (Wildman–Crippen LogP) is 3.22. The van der Waals surface area contributed by atoms with Crippen molar-refractivity contribution in [2.75, 3.05) is 12.8 Å². The van der Waals surface area contributed by atoms with Gasteiger partial charge in [0.15, 0.2) is 0 Å². The minimum atomic E-state index is -0.432. The van der Waals surface area contributed by atoms with Crippen LogP contribution in [0.2, 0.25) is 0 Å². The van der Waals surface area contributed by atoms with Crippen LogP contribution in [0.5, 0.6) is 0 Å². The average molecular weight is 288 g/mol. The van der Waals surface area contributed by atoms with Crippen LogP contribution in [0.25, 0.3) is 0 Å². The van der Waals surface area contributed by atoms with Crippen LogP contribution in [0.15, 0.2) is 40.3 Å². The van der Waals surface area contributed by atoms with E-state index in [2.05, 4.69) is 4.98 Å². The number of anilines is 1. The SMILES string of the molecule is COC(=O)c1cccc(Sc2cc(C)cc(C)n2)c1N. The maximum atomic E-state index is 11.6. The lowest BCUT2D eigenvalue weighted by Gasteiger charge is -2.09. The highest BCUT2D eigenvalue weighted by Crippen LogP contribution is 2.33. The van der Waals surface area contributed by atoms with Gasteiger partial charge in [-0.3, -0.25) is 0 Å². The standard InChI is InChI=1S/C15H16N2O2S/c1-9-7-10(2)17-13(8-9)20-12-6-4-5-11(14(12)16)15(18)19-3/h4-8H,16H2,1-3H3. The maximum Gasteiger partial charge on any atom is 0.339 e. The summed E-state index contributed by atoms with van der Waals surface area (Å²) in [6.07, 6.45) is 0. The number of esters is 1. The number of nitrogens with zero attached hydrogens (tertiary/aromatic N) is 1. The van der Waals surface area contributed by atoms with Crippen molar-refractivity contribution in [3.8, 4) is 0 Å². The van der Waals surface area contributed by atoms with E-state index in [0.29, 0.717) is 11.3 Å². The molecule has 0 aliphatic heterocycles. The van der Waals surface area contributed by atoms with Gasteiger partial charge in [-0.25, -0.2) is 9.78 Å². The number of benzene rings is 1. The zero-order chi connectivity index (χ0) is 14.7. The number of para-hydroxylation sites is 1. The van der Waals surface area contributed by atoms with Gasteiger partial charge in [-0.15, -0.1) is 0 Å². The highest BCUT2D eigenvalue weighted by Gasteiger charge is 2.14. The molecular formula is C15H16N2O2S. The van der Waals surface area contributed by atoms with E-state index in [4.69, 9.17) is 10.5 Å². The van der Waals surface area contributed by atoms with Gasteiger partial charge in [0.05, 0.1) is 18.4 Å². The fourth-order valence-electron chi connectivity index (χ4n) is 1.89. The van der Waals surface area contributed by atoms with Crippen molar-refractivity contribution in [1.29, 1.82) is 0 Å². The minimum Gasteiger partial charge on any atom is -0.465 e. The number of aromatic nitrogens is 1. The second kappa shape index (κ2) is 5.96. The van der Waals surface area contributed by atoms with E-state index in [1.807, 2.05) is 32.0 Å². The van der Waals surface area contributed by atoms with Crippen LogP contribution in [-0.4, -0.2) is 18.1 Å². The molecule has 0 fully saturated rings. The van der Waals surface area contributed by atoms with E-state index in [0.717, 1.165) is 21.2 Å². The molecule has 0 spiro atoms. The Bertz CT molecular complexity index is 636. The molecule has 0 saturated heterocycles. The van der Waals surface area contributed by atoms with Crippen LogP contribution >= 0.6 is 11.8 Å². The molecule has 0 bridgehead atoms. The monoisotopic (exact) mass is 288 g/mol. The molecule has 1 aromatic carbocycles. The molecule has 0 aliphatic rings. The number of carbonyl (C=O) groups is 1. The van der Waals surface area contributed by atoms with E-state index in [1.54, 1.807) is 12.1 Å². The second-order valence-electron chi connectivity index (χ2n) is 4.44. The van der Waals surface area contributed by atoms with Crippen LogP contribution < -0.4 is 5.73 Å². The predicted molar refractivity (Wildman–Crippen MR) is 80.0 cm³/mol. The lowest BCUT2D eigenvalue weighted by molar-refractivity contribution is 0.0601. The Kier molecular flexibility index (Phi) is 4.29. The van der Waals surface area contributed by atoms with Crippen LogP contribution in [0.3, 0.4) is 0 Å². The van der Waals surface area contributed by atoms with E-state index < -0.39 is 5.97 Å². The lowest BCUT2D eigenvalue weighted by Crippen LogP contribution is -2.06. The molecule has 0 radical (unpaired) electrons. The third kappa shape index (κ3) is 3.11. The first-order valence-corrected chi connectivity index (χ1v) is 6.93. The van der Waals surface area contributed by atoms with E-state index in [-0.39, 0.29) is 0 Å². The van der Waals surface area contributed by atoms with E-state index in [1.165, 1.54) is 18.9 Å². The smallest absolute Gasteiger partial charge is 0.339 e. The molecule has 0 atom stereocenters. The van der Waals surface area contributed by atoms with Crippen LogP contribution in [0, 0.1) is 13.8 Å². The van der Waals surface area contributed by atoms with Crippen molar-refractivity contribution >= 4 is 23.4 Å². The summed E-state index contributed by atoms with van der Waals surface area (Å²) in [7, 11) is 1.34. The molecule has 0 saturated carbocycles. The largest absolute Gasteiger partial charge is 0.465 e. The number of hydrogen-bond acceptors (Lipinski definition) is 5. The Hall–Kier alpha value is -2.01. The zero-order valence-electron chi connectivity index (χ0n) is 11.6. The van der Waals surface area contributed by atoms with E-state index in [9.17, 15) is 4.79 Å². The minimum absolute atomic E-state index is 0.377. The molecule has 1 aromatic heterocycles. The molecule has 0 aliphatic carbocycles. The van der Waals surface area contributed by atoms with Gasteiger partial charge in [0.25, 0.3) is 0 Å². The summed E-state index contributed by atoms with van der Waals surface area (Å²) < 4.78 is 4.72. The first kappa shape index (κ1) is 14.4. The number of nitrogen functional groups attached to an aromatic ring is 1. The topological polar surface area (TPSA) is 65.2 Å². The van der Waals surface area contributed by atoms with Crippen LogP contribution in [0.4, 0.5) is 5.69 Å². The van der Waals surface area contributed by atoms with Gasteiger partial charge >= 0.3 is 5.97 Å². The first-order valence-electron chi connectivity index (χ1n) is 6.11. The van der Waals surface area contributed by atoms with Gasteiger partial charge in [-0.05, 0) is 43.7 Å². The fourth-order valence-corrected chi connectivity index (χ4v) is 2.92. The third-order valence-electron chi connectivity index (χ3n) is 2.76. The van der Waals surface area contributed by atoms with Crippen molar-refractivity contribution in [3.63, 3.8) is 0 Å². The highest BCUT2D eigenvalue weighted by atomic mass is 32.2. The first-order chi connectivity index (χ1) is 9.51. The molecule has 104 valence electrons. The van der Waals surface area contributed by atoms with Crippen LogP contribution in [-0.2, 0) is 4.74 Å². The van der Waals surface area contributed by atoms with Crippen molar-refractivity contribution < 1.29 is 9.53 Å². The molecule has 0 amide bonds. The Balaban J connectivity index is 2.36. The Labute approximate surface area is 122 Å². The Morgan fingerprint density at radius 3 is 2.70 bits per heavy atom. The summed E-state index contributed by atoms with van der Waals surface area (Å²) in [5.41, 5.74) is 8.93. The molecule has 2 rings (SSSR count). The molecule has 2 N–H and O–H groups in total. The molecule has 0 unspecified atom stereocenters. The maximum absolute atomic E-state index is 11.6. The van der Waals surface area contributed by atoms with Gasteiger partial charge in [0.1, 0.15) is 5.03 Å². The second-order valence-corrected chi connectivity index (χ2v) is 5.50. The quantitative estimate of drug-likeness (QED) is 0.694. The van der Waals surface area contributed by atoms with Crippen molar-refractivity contribution in [3.05, 3.63) is 47.2 Å². The summed E-state index contributed by atoms with van der Waals surface area (Å²) >= 11 is 1.44. The number of rotatable bonds is 3. The lowest BCUT2D eigenvalue weighted by atomic mass is 10.2. The molecule has 1 heterocycles. The summed E-state index contributed by atoms with van der Waals surface area (Å²) in [5, 5.41) is 0.858. The fraction of sp³-hybridized carbons (Fsp3) is 0.200. The number of aryl methyl sites for hydroxylation is 2. The number of carbonyl (C=O) groups excluding carboxylic acids is 1. The number of nitrogens with two attached hydrogens (primary N) is 1. The number of hydrogen-bond donors (Lipinski definition) is 1. The number of ether oxygens (including phenoxy) is 1. The summed E-state index contributed by atoms with van der Waals surface area (Å²) in [4.78, 5) is 16.9. The van der Waals surface area contributed by atoms with Gasteiger partial charge in [-0.1, -0.05) is 17.8 Å². The Morgan fingerprint density at radius 2 is 2.05 bits per heavy atom. The molecule has 20 heavy (non-hydrogen) atoms. The summed E-state index contributed by atoms with van der Waals surface area (Å²) in [6.45, 7) is 3.97. The van der Waals surface area contributed by atoms with Gasteiger partial charge in [0, 0.05) is 10.6 Å². The molecule has 2 aromatic rings. The number of methoxy groups -OCH3 is 1.